The van der Waals surface area contributed by atoms with E-state index in [2.05, 4.69) is 39.9 Å². The molecule has 1 aromatic rings. The number of sulfone groups is 1. The number of rotatable bonds is 4. The number of likely N-dealkylation sites (N-methyl/N-ethyl adjacent to an activating group) is 2. The number of nitrogens with zero attached hydrogens (tertiary/aromatic N) is 4. The predicted octanol–water partition coefficient (Wildman–Crippen LogP) is 1.25. The third-order valence-corrected chi connectivity index (χ3v) is 7.07. The highest BCUT2D eigenvalue weighted by molar-refractivity contribution is 7.90. The van der Waals surface area contributed by atoms with Gasteiger partial charge in [-0.05, 0) is 31.8 Å². The van der Waals surface area contributed by atoms with E-state index in [9.17, 15) is 8.42 Å². The fourth-order valence-electron chi connectivity index (χ4n) is 3.45. The Hall–Kier alpha value is -1.48. The van der Waals surface area contributed by atoms with Gasteiger partial charge in [-0.25, -0.2) is 8.42 Å². The topological polar surface area (TPSA) is 47.1 Å². The van der Waals surface area contributed by atoms with Crippen molar-refractivity contribution in [1.82, 2.24) is 19.6 Å². The molecule has 3 rings (SSSR count). The van der Waals surface area contributed by atoms with Gasteiger partial charge >= 0.3 is 0 Å². The smallest absolute Gasteiger partial charge is 0.175 e. The van der Waals surface area contributed by atoms with Crippen molar-refractivity contribution in [3.05, 3.63) is 36.0 Å². The van der Waals surface area contributed by atoms with Crippen LogP contribution in [0.2, 0.25) is 0 Å². The van der Waals surface area contributed by atoms with Gasteiger partial charge in [0.15, 0.2) is 9.84 Å². The molecule has 2 saturated heterocycles. The normalized spacial score (nSPS) is 20.5. The fourth-order valence-corrected chi connectivity index (χ4v) is 4.43. The summed E-state index contributed by atoms with van der Waals surface area (Å²) in [6, 6.07) is 7.10. The maximum atomic E-state index is 11.8. The van der Waals surface area contributed by atoms with E-state index in [0.29, 0.717) is 4.90 Å². The van der Waals surface area contributed by atoms with Gasteiger partial charge in [-0.15, -0.1) is 0 Å². The summed E-state index contributed by atoms with van der Waals surface area (Å²) in [6.07, 6.45) is 3.40. The Morgan fingerprint density at radius 2 is 1.39 bits per heavy atom. The van der Waals surface area contributed by atoms with Crippen molar-refractivity contribution in [2.45, 2.75) is 4.90 Å². The summed E-state index contributed by atoms with van der Waals surface area (Å²) in [4.78, 5) is 10.4. The quantitative estimate of drug-likeness (QED) is 0.535. The number of benzene rings is 1. The van der Waals surface area contributed by atoms with Crippen molar-refractivity contribution in [3.8, 4) is 0 Å². The Kier molecular flexibility index (Phi) is 6.75. The Balaban J connectivity index is 1.89. The summed E-state index contributed by atoms with van der Waals surface area (Å²) in [5.41, 5.74) is 1.97. The summed E-state index contributed by atoms with van der Waals surface area (Å²) in [5.74, 6) is 0. The van der Waals surface area contributed by atoms with Crippen LogP contribution < -0.4 is 0 Å². The molecular formula is C20H30N4O2S2. The molecule has 0 unspecified atom stereocenters. The molecule has 0 aromatic heterocycles. The van der Waals surface area contributed by atoms with Gasteiger partial charge in [-0.3, -0.25) is 0 Å². The van der Waals surface area contributed by atoms with E-state index in [1.165, 1.54) is 6.26 Å². The zero-order chi connectivity index (χ0) is 20.3. The Morgan fingerprint density at radius 3 is 1.89 bits per heavy atom. The molecule has 2 fully saturated rings. The van der Waals surface area contributed by atoms with Crippen molar-refractivity contribution in [2.24, 2.45) is 0 Å². The molecule has 154 valence electrons. The van der Waals surface area contributed by atoms with E-state index in [-0.39, 0.29) is 0 Å². The summed E-state index contributed by atoms with van der Waals surface area (Å²) < 4.78 is 23.6. The van der Waals surface area contributed by atoms with E-state index in [4.69, 9.17) is 12.2 Å². The molecule has 0 saturated carbocycles. The van der Waals surface area contributed by atoms with Crippen LogP contribution in [0.25, 0.3) is 5.57 Å². The highest BCUT2D eigenvalue weighted by Gasteiger charge is 2.22. The van der Waals surface area contributed by atoms with Crippen LogP contribution >= 0.6 is 12.2 Å². The molecule has 0 aliphatic carbocycles. The summed E-state index contributed by atoms with van der Waals surface area (Å²) in [6.45, 7) is 7.80. The molecule has 0 amide bonds. The minimum atomic E-state index is -3.21. The first kappa shape index (κ1) is 21.2. The van der Waals surface area contributed by atoms with E-state index >= 15 is 0 Å². The summed E-state index contributed by atoms with van der Waals surface area (Å²) >= 11 is 5.90. The van der Waals surface area contributed by atoms with Gasteiger partial charge in [-0.1, -0.05) is 24.4 Å². The Bertz CT molecular complexity index is 820. The van der Waals surface area contributed by atoms with Crippen molar-refractivity contribution >= 4 is 32.6 Å². The molecule has 2 aliphatic heterocycles. The Labute approximate surface area is 174 Å². The third-order valence-electron chi connectivity index (χ3n) is 5.46. The highest BCUT2D eigenvalue weighted by Crippen LogP contribution is 2.23. The highest BCUT2D eigenvalue weighted by atomic mass is 32.2. The van der Waals surface area contributed by atoms with Crippen LogP contribution in [0.3, 0.4) is 0 Å². The molecule has 0 N–H and O–H groups in total. The predicted molar refractivity (Wildman–Crippen MR) is 118 cm³/mol. The standard InChI is InChI=1S/C20H30N4O2S2/c1-21-8-12-23(13-9-21)16-19(20(27)24-14-10-22(2)11-15-24)17-4-6-18(7-5-17)28(3,25)26/h4-7,16H,8-15H2,1-3H3. The number of piperazine rings is 2. The van der Waals surface area contributed by atoms with E-state index in [1.807, 2.05) is 12.1 Å². The molecule has 2 heterocycles. The number of thiocarbonyl (C=S) groups is 1. The van der Waals surface area contributed by atoms with Crippen LogP contribution in [0.5, 0.6) is 0 Å². The van der Waals surface area contributed by atoms with Crippen LogP contribution in [0.4, 0.5) is 0 Å². The van der Waals surface area contributed by atoms with E-state index in [1.54, 1.807) is 12.1 Å². The largest absolute Gasteiger partial charge is 0.374 e. The zero-order valence-corrected chi connectivity index (χ0v) is 18.6. The van der Waals surface area contributed by atoms with Gasteiger partial charge in [0.25, 0.3) is 0 Å². The first-order valence-corrected chi connectivity index (χ1v) is 12.0. The van der Waals surface area contributed by atoms with Crippen LogP contribution in [0, 0.1) is 0 Å². The monoisotopic (exact) mass is 422 g/mol. The lowest BCUT2D eigenvalue weighted by atomic mass is 10.1. The van der Waals surface area contributed by atoms with Crippen molar-refractivity contribution in [3.63, 3.8) is 0 Å². The number of hydrogen-bond donors (Lipinski definition) is 0. The van der Waals surface area contributed by atoms with Gasteiger partial charge in [0.2, 0.25) is 0 Å². The van der Waals surface area contributed by atoms with Crippen molar-refractivity contribution in [1.29, 1.82) is 0 Å². The summed E-state index contributed by atoms with van der Waals surface area (Å²) in [5, 5.41) is 0. The summed E-state index contributed by atoms with van der Waals surface area (Å²) in [7, 11) is 1.06. The lowest BCUT2D eigenvalue weighted by Crippen LogP contribution is -2.47. The molecule has 1 aromatic carbocycles. The van der Waals surface area contributed by atoms with Crippen LogP contribution in [-0.2, 0) is 9.84 Å². The maximum absolute atomic E-state index is 11.8. The van der Waals surface area contributed by atoms with Gasteiger partial charge in [0, 0.05) is 70.4 Å². The zero-order valence-electron chi connectivity index (χ0n) is 17.0. The van der Waals surface area contributed by atoms with Gasteiger partial charge in [-0.2, -0.15) is 0 Å². The molecule has 8 heteroatoms. The molecule has 0 atom stereocenters. The second-order valence-corrected chi connectivity index (χ2v) is 10.2. The molecule has 0 bridgehead atoms. The van der Waals surface area contributed by atoms with Gasteiger partial charge in [0.05, 0.1) is 4.90 Å². The van der Waals surface area contributed by atoms with Gasteiger partial charge < -0.3 is 19.6 Å². The van der Waals surface area contributed by atoms with Crippen molar-refractivity contribution < 1.29 is 8.42 Å². The average Bonchev–Trinajstić information content (AvgIpc) is 2.67. The van der Waals surface area contributed by atoms with E-state index < -0.39 is 9.84 Å². The maximum Gasteiger partial charge on any atom is 0.175 e. The third kappa shape index (κ3) is 5.31. The SMILES string of the molecule is CN1CCN(C=C(C(=S)N2CCN(C)CC2)c2ccc(S(C)(=O)=O)cc2)CC1. The first-order chi connectivity index (χ1) is 13.2. The van der Waals surface area contributed by atoms with Crippen molar-refractivity contribution in [2.75, 3.05) is 72.7 Å². The number of hydrogen-bond acceptors (Lipinski definition) is 6. The van der Waals surface area contributed by atoms with Crippen LogP contribution in [0.1, 0.15) is 5.56 Å². The average molecular weight is 423 g/mol. The second-order valence-electron chi connectivity index (χ2n) is 7.77. The minimum absolute atomic E-state index is 0.334. The van der Waals surface area contributed by atoms with Crippen LogP contribution in [-0.4, -0.2) is 106 Å². The van der Waals surface area contributed by atoms with Crippen LogP contribution in [0.15, 0.2) is 35.4 Å². The van der Waals surface area contributed by atoms with Gasteiger partial charge in [0.1, 0.15) is 4.99 Å². The molecule has 28 heavy (non-hydrogen) atoms. The molecular weight excluding hydrogens is 392 g/mol. The van der Waals surface area contributed by atoms with E-state index in [0.717, 1.165) is 68.5 Å². The second kappa shape index (κ2) is 8.90. The molecule has 6 nitrogen and oxygen atoms in total. The minimum Gasteiger partial charge on any atom is -0.374 e. The molecule has 0 spiro atoms. The molecule has 2 aliphatic rings. The Morgan fingerprint density at radius 1 is 0.893 bits per heavy atom. The fraction of sp³-hybridized carbons (Fsp3) is 0.550. The lowest BCUT2D eigenvalue weighted by Gasteiger charge is -2.36. The lowest BCUT2D eigenvalue weighted by molar-refractivity contribution is 0.198. The first-order valence-electron chi connectivity index (χ1n) is 9.67. The molecule has 0 radical (unpaired) electrons.